The topological polar surface area (TPSA) is 34.9 Å². The Morgan fingerprint density at radius 2 is 1.86 bits per heavy atom. The first kappa shape index (κ1) is 15.3. The molecule has 0 amide bonds. The summed E-state index contributed by atoms with van der Waals surface area (Å²) in [5.74, 6) is -0.155. The van der Waals surface area contributed by atoms with E-state index in [0.717, 1.165) is 17.8 Å². The second kappa shape index (κ2) is 5.71. The summed E-state index contributed by atoms with van der Waals surface area (Å²) in [7, 11) is 0. The Kier molecular flexibility index (Phi) is 4.16. The number of ketones is 1. The summed E-state index contributed by atoms with van der Waals surface area (Å²) in [6.45, 7) is 4.24. The van der Waals surface area contributed by atoms with Crippen LogP contribution in [-0.2, 0) is 19.1 Å². The first-order valence-corrected chi connectivity index (χ1v) is 6.55. The van der Waals surface area contributed by atoms with Crippen LogP contribution in [0.5, 0.6) is 0 Å². The van der Waals surface area contributed by atoms with Gasteiger partial charge in [0.05, 0.1) is 11.3 Å². The highest BCUT2D eigenvalue weighted by atomic mass is 19.4. The van der Waals surface area contributed by atoms with Crippen molar-refractivity contribution in [1.82, 2.24) is 9.78 Å². The minimum Gasteiger partial charge on any atom is -0.292 e. The lowest BCUT2D eigenvalue weighted by Gasteiger charge is -2.08. The molecule has 0 saturated heterocycles. The summed E-state index contributed by atoms with van der Waals surface area (Å²) in [5.41, 5.74) is 1.06. The molecule has 2 rings (SSSR count). The Balaban J connectivity index is 2.16. The number of rotatable bonds is 4. The molecule has 0 N–H and O–H groups in total. The highest BCUT2D eigenvalue weighted by Crippen LogP contribution is 2.29. The summed E-state index contributed by atoms with van der Waals surface area (Å²) in [6, 6.07) is 6.34. The molecular formula is C15H15F3N2O. The van der Waals surface area contributed by atoms with Gasteiger partial charge in [0.1, 0.15) is 5.69 Å². The Morgan fingerprint density at radius 1 is 1.24 bits per heavy atom. The van der Waals surface area contributed by atoms with Crippen molar-refractivity contribution in [3.05, 3.63) is 52.8 Å². The fourth-order valence-corrected chi connectivity index (χ4v) is 2.10. The smallest absolute Gasteiger partial charge is 0.292 e. The van der Waals surface area contributed by atoms with E-state index in [9.17, 15) is 18.0 Å². The van der Waals surface area contributed by atoms with Crippen LogP contribution in [0.3, 0.4) is 0 Å². The van der Waals surface area contributed by atoms with Crippen molar-refractivity contribution in [2.45, 2.75) is 33.0 Å². The van der Waals surface area contributed by atoms with Gasteiger partial charge < -0.3 is 0 Å². The Bertz CT molecular complexity index is 642. The molecule has 0 spiro atoms. The average molecular weight is 296 g/mol. The van der Waals surface area contributed by atoms with E-state index in [4.69, 9.17) is 0 Å². The molecule has 0 saturated carbocycles. The number of aromatic nitrogens is 2. The van der Waals surface area contributed by atoms with E-state index in [1.54, 1.807) is 17.7 Å². The fourth-order valence-electron chi connectivity index (χ4n) is 2.10. The van der Waals surface area contributed by atoms with Crippen molar-refractivity contribution in [3.8, 4) is 0 Å². The van der Waals surface area contributed by atoms with E-state index in [2.05, 4.69) is 5.10 Å². The standard InChI is InChI=1S/C15H15F3N2O/c1-3-20-13(8-10(2)19-20)14(21)9-11-4-6-12(7-5-11)15(16,17)18/h4-8H,3,9H2,1-2H3. The van der Waals surface area contributed by atoms with Crippen molar-refractivity contribution in [2.75, 3.05) is 0 Å². The van der Waals surface area contributed by atoms with Crippen molar-refractivity contribution in [1.29, 1.82) is 0 Å². The third kappa shape index (κ3) is 3.51. The van der Waals surface area contributed by atoms with Gasteiger partial charge >= 0.3 is 6.18 Å². The minimum absolute atomic E-state index is 0.0588. The molecular weight excluding hydrogens is 281 g/mol. The van der Waals surface area contributed by atoms with Gasteiger partial charge in [0, 0.05) is 13.0 Å². The quantitative estimate of drug-likeness (QED) is 0.807. The zero-order valence-corrected chi connectivity index (χ0v) is 11.7. The van der Waals surface area contributed by atoms with Crippen LogP contribution >= 0.6 is 0 Å². The second-order valence-electron chi connectivity index (χ2n) is 4.78. The zero-order chi connectivity index (χ0) is 15.6. The van der Waals surface area contributed by atoms with E-state index in [1.807, 2.05) is 6.92 Å². The normalized spacial score (nSPS) is 11.7. The molecule has 0 bridgehead atoms. The number of aryl methyl sites for hydroxylation is 2. The van der Waals surface area contributed by atoms with Crippen LogP contribution in [0.2, 0.25) is 0 Å². The first-order chi connectivity index (χ1) is 9.81. The highest BCUT2D eigenvalue weighted by molar-refractivity contribution is 5.96. The molecule has 0 aliphatic carbocycles. The zero-order valence-electron chi connectivity index (χ0n) is 11.7. The van der Waals surface area contributed by atoms with Crippen LogP contribution in [0.1, 0.15) is 34.2 Å². The summed E-state index contributed by atoms with van der Waals surface area (Å²) < 4.78 is 39.0. The number of carbonyl (C=O) groups excluding carboxylic acids is 1. The SMILES string of the molecule is CCn1nc(C)cc1C(=O)Cc1ccc(C(F)(F)F)cc1. The van der Waals surface area contributed by atoms with Crippen LogP contribution in [0.25, 0.3) is 0 Å². The van der Waals surface area contributed by atoms with Gasteiger partial charge in [0.2, 0.25) is 0 Å². The number of halogens is 3. The minimum atomic E-state index is -4.36. The van der Waals surface area contributed by atoms with Gasteiger partial charge in [-0.25, -0.2) is 0 Å². The van der Waals surface area contributed by atoms with Gasteiger partial charge in [0.15, 0.2) is 5.78 Å². The number of benzene rings is 1. The monoisotopic (exact) mass is 296 g/mol. The van der Waals surface area contributed by atoms with Gasteiger partial charge in [-0.05, 0) is 37.6 Å². The van der Waals surface area contributed by atoms with Crippen LogP contribution in [0, 0.1) is 6.92 Å². The molecule has 3 nitrogen and oxygen atoms in total. The third-order valence-electron chi connectivity index (χ3n) is 3.13. The van der Waals surface area contributed by atoms with Gasteiger partial charge in [0.25, 0.3) is 0 Å². The Morgan fingerprint density at radius 3 is 2.38 bits per heavy atom. The lowest BCUT2D eigenvalue weighted by Crippen LogP contribution is -2.12. The maximum absolute atomic E-state index is 12.5. The van der Waals surface area contributed by atoms with E-state index < -0.39 is 11.7 Å². The molecule has 0 aliphatic rings. The number of alkyl halides is 3. The summed E-state index contributed by atoms with van der Waals surface area (Å²) >= 11 is 0. The molecule has 112 valence electrons. The van der Waals surface area contributed by atoms with Crippen LogP contribution in [-0.4, -0.2) is 15.6 Å². The van der Waals surface area contributed by atoms with Crippen molar-refractivity contribution in [3.63, 3.8) is 0 Å². The lowest BCUT2D eigenvalue weighted by atomic mass is 10.0. The summed E-state index contributed by atoms with van der Waals surface area (Å²) in [6.07, 6.45) is -4.30. The predicted molar refractivity (Wildman–Crippen MR) is 72.1 cm³/mol. The van der Waals surface area contributed by atoms with Crippen molar-refractivity contribution >= 4 is 5.78 Å². The molecule has 0 radical (unpaired) electrons. The van der Waals surface area contributed by atoms with Gasteiger partial charge in [-0.15, -0.1) is 0 Å². The predicted octanol–water partition coefficient (Wildman–Crippen LogP) is 3.66. The van der Waals surface area contributed by atoms with Gasteiger partial charge in [-0.2, -0.15) is 18.3 Å². The molecule has 2 aromatic rings. The van der Waals surface area contributed by atoms with Crippen molar-refractivity contribution in [2.24, 2.45) is 0 Å². The Labute approximate surface area is 120 Å². The van der Waals surface area contributed by atoms with Crippen LogP contribution in [0.15, 0.2) is 30.3 Å². The van der Waals surface area contributed by atoms with Crippen molar-refractivity contribution < 1.29 is 18.0 Å². The number of hydrogen-bond donors (Lipinski definition) is 0. The van der Waals surface area contributed by atoms with Crippen LogP contribution < -0.4 is 0 Å². The van der Waals surface area contributed by atoms with E-state index in [0.29, 0.717) is 17.8 Å². The molecule has 21 heavy (non-hydrogen) atoms. The molecule has 0 unspecified atom stereocenters. The maximum Gasteiger partial charge on any atom is 0.416 e. The number of hydrogen-bond acceptors (Lipinski definition) is 2. The fraction of sp³-hybridized carbons (Fsp3) is 0.333. The second-order valence-corrected chi connectivity index (χ2v) is 4.78. The third-order valence-corrected chi connectivity index (χ3v) is 3.13. The summed E-state index contributed by atoms with van der Waals surface area (Å²) in [4.78, 5) is 12.2. The molecule has 0 aliphatic heterocycles. The molecule has 1 heterocycles. The van der Waals surface area contributed by atoms with Gasteiger partial charge in [-0.3, -0.25) is 9.48 Å². The molecule has 1 aromatic heterocycles. The first-order valence-electron chi connectivity index (χ1n) is 6.55. The Hall–Kier alpha value is -2.11. The summed E-state index contributed by atoms with van der Waals surface area (Å²) in [5, 5.41) is 4.19. The molecule has 0 fully saturated rings. The highest BCUT2D eigenvalue weighted by Gasteiger charge is 2.30. The molecule has 6 heteroatoms. The molecule has 1 aromatic carbocycles. The number of carbonyl (C=O) groups is 1. The maximum atomic E-state index is 12.5. The molecule has 0 atom stereocenters. The van der Waals surface area contributed by atoms with E-state index in [1.165, 1.54) is 12.1 Å². The van der Waals surface area contributed by atoms with Gasteiger partial charge in [-0.1, -0.05) is 12.1 Å². The van der Waals surface area contributed by atoms with Crippen LogP contribution in [0.4, 0.5) is 13.2 Å². The largest absolute Gasteiger partial charge is 0.416 e. The number of Topliss-reactive ketones (excluding diaryl/α,β-unsaturated/α-hetero) is 1. The van der Waals surface area contributed by atoms with E-state index >= 15 is 0 Å². The lowest BCUT2D eigenvalue weighted by molar-refractivity contribution is -0.137. The van der Waals surface area contributed by atoms with E-state index in [-0.39, 0.29) is 12.2 Å². The number of nitrogens with zero attached hydrogens (tertiary/aromatic N) is 2. The average Bonchev–Trinajstić information content (AvgIpc) is 2.79.